The highest BCUT2D eigenvalue weighted by atomic mass is 32.2. The molecule has 548 valence electrons. The lowest BCUT2D eigenvalue weighted by molar-refractivity contribution is -0.401. The number of fused-ring (bicyclic) bond motifs is 6. The number of nitrogens with zero attached hydrogens (tertiary/aromatic N) is 4. The van der Waals surface area contributed by atoms with Gasteiger partial charge in [0.15, 0.2) is 11.7 Å². The summed E-state index contributed by atoms with van der Waals surface area (Å²) >= 11 is 5.22. The van der Waals surface area contributed by atoms with Crippen molar-refractivity contribution in [3.8, 4) is 0 Å². The van der Waals surface area contributed by atoms with E-state index >= 15 is 0 Å². The Morgan fingerprint density at radius 1 is 0.692 bits per heavy atom. The number of aliphatic carboxylic acids is 1. The van der Waals surface area contributed by atoms with Gasteiger partial charge in [0.1, 0.15) is 37.3 Å². The molecular formula is C78H94N13O11S2+. The van der Waals surface area contributed by atoms with Crippen molar-refractivity contribution in [3.05, 3.63) is 167 Å². The third-order valence-electron chi connectivity index (χ3n) is 19.9. The number of thioether (sulfide) groups is 1. The van der Waals surface area contributed by atoms with Gasteiger partial charge in [0.2, 0.25) is 58.9 Å². The zero-order chi connectivity index (χ0) is 74.4. The molecule has 24 nitrogen and oxygen atoms in total. The van der Waals surface area contributed by atoms with E-state index in [9.17, 15) is 53.1 Å². The minimum atomic E-state index is -1.72. The lowest BCUT2D eigenvalue weighted by atomic mass is 9.79. The van der Waals surface area contributed by atoms with Crippen molar-refractivity contribution in [1.29, 1.82) is 0 Å². The molecule has 12 N–H and O–H groups in total. The maximum absolute atomic E-state index is 14.4. The third kappa shape index (κ3) is 18.5. The Bertz CT molecular complexity index is 4350. The quantitative estimate of drug-likeness (QED) is 0.00835. The van der Waals surface area contributed by atoms with E-state index in [1.165, 1.54) is 66.6 Å². The predicted molar refractivity (Wildman–Crippen MR) is 407 cm³/mol. The van der Waals surface area contributed by atoms with Crippen LogP contribution in [0.4, 0.5) is 11.4 Å². The Morgan fingerprint density at radius 3 is 2.07 bits per heavy atom. The van der Waals surface area contributed by atoms with Gasteiger partial charge in [0.05, 0.1) is 23.6 Å². The van der Waals surface area contributed by atoms with Crippen molar-refractivity contribution in [2.45, 2.75) is 151 Å². The molecule has 4 heterocycles. The zero-order valence-electron chi connectivity index (χ0n) is 59.4. The molecule has 0 saturated carbocycles. The maximum Gasteiger partial charge on any atom is 0.305 e. The Balaban J connectivity index is 0.757. The number of aliphatic imine (C=N–C) groups is 1. The molecule has 2 saturated heterocycles. The summed E-state index contributed by atoms with van der Waals surface area (Å²) in [6.07, 6.45) is 15.7. The highest BCUT2D eigenvalue weighted by Crippen LogP contribution is 2.51. The molecule has 0 bridgehead atoms. The highest BCUT2D eigenvalue weighted by Gasteiger charge is 2.46. The van der Waals surface area contributed by atoms with Crippen LogP contribution in [0.2, 0.25) is 0 Å². The number of carboxylic acid groups (broad SMARTS) is 1. The van der Waals surface area contributed by atoms with E-state index in [0.717, 1.165) is 55.3 Å². The number of hydrogen-bond donors (Lipinski definition) is 11. The monoisotopic (exact) mass is 1450 g/mol. The molecule has 2 fully saturated rings. The number of allylic oxidation sites excluding steroid dienone is 8. The summed E-state index contributed by atoms with van der Waals surface area (Å²) in [5.41, 5.74) is 21.2. The van der Waals surface area contributed by atoms with E-state index in [-0.39, 0.29) is 85.9 Å². The molecule has 5 aromatic carbocycles. The van der Waals surface area contributed by atoms with Crippen LogP contribution in [0.1, 0.15) is 115 Å². The molecule has 6 atom stereocenters. The van der Waals surface area contributed by atoms with Crippen molar-refractivity contribution >= 4 is 128 Å². The fourth-order valence-electron chi connectivity index (χ4n) is 14.6. The van der Waals surface area contributed by atoms with Crippen LogP contribution in [0.15, 0.2) is 155 Å². The average Bonchev–Trinajstić information content (AvgIpc) is 1.58. The fourth-order valence-corrected chi connectivity index (χ4v) is 16.0. The lowest BCUT2D eigenvalue weighted by Crippen LogP contribution is -2.61. The number of amides is 9. The van der Waals surface area contributed by atoms with Crippen LogP contribution in [-0.4, -0.2) is 172 Å². The molecule has 10 rings (SSSR count). The molecule has 0 radical (unpaired) electrons. The molecule has 0 aromatic heterocycles. The first kappa shape index (κ1) is 76.6. The molecule has 1 aliphatic carbocycles. The van der Waals surface area contributed by atoms with E-state index in [1.54, 1.807) is 30.3 Å². The van der Waals surface area contributed by atoms with Crippen molar-refractivity contribution in [1.82, 2.24) is 42.1 Å². The number of benzene rings is 5. The third-order valence-corrected chi connectivity index (χ3v) is 21.5. The second-order valence-electron chi connectivity index (χ2n) is 28.0. The molecule has 5 aromatic rings. The summed E-state index contributed by atoms with van der Waals surface area (Å²) in [4.78, 5) is 144. The number of nitrogens with two attached hydrogens (primary N) is 2. The van der Waals surface area contributed by atoms with Crippen LogP contribution >= 0.6 is 24.4 Å². The summed E-state index contributed by atoms with van der Waals surface area (Å²) in [6.45, 7) is 9.10. The molecule has 6 unspecified atom stereocenters. The number of guanidine groups is 1. The summed E-state index contributed by atoms with van der Waals surface area (Å²) in [6, 6.07) is 26.9. The number of carbonyl (C=O) groups excluding carboxylic acids is 9. The van der Waals surface area contributed by atoms with Crippen molar-refractivity contribution in [3.63, 3.8) is 0 Å². The molecule has 0 spiro atoms. The SMILES string of the molecule is C[N+]1=C(/C=C/C2=CC(=C/C=C3/N(CCCCCC(=O)NCCN4C(=O)CC(SCC5NC(=O)C(CS)NC(=O)C(Cc6ccccc6)NC(=O)C(CC(=O)O)NC(=O)CNC(=O)C(CCCN=C(N)N)NC5=O)C4=O)c4ccc5ccccc5c4C3(C)C)/CCC2)C(C)(C)c2c1ccc1ccccc21. The van der Waals surface area contributed by atoms with Crippen LogP contribution in [0.5, 0.6) is 0 Å². The Morgan fingerprint density at radius 2 is 1.35 bits per heavy atom. The fraction of sp³-hybridized carbons (Fsp3) is 0.410. The standard InChI is InChI=1S/C78H93N13O11S2/c1-77(2)62(89(5)59-32-30-50-22-11-13-24-52(50)68(59)77)34-28-48-20-16-21-49(40-48)29-35-63-78(3,4)69-53-25-14-12-23-51(53)31-33-60(69)90(63)38-15-7-10-27-64(92)81-37-39-91-66(94)43-61(75(91)102)104-46-58-74(101)85-54(26-17-36-82-76(79)80)70(97)83-44-65(93)84-56(42-67(95)96)72(99)86-55(41-47-18-8-6-9-19-47)71(98)87-57(45-103)73(100)88-58/h6,8-9,11-14,18-19,22-25,28-35,40,54-58,61H,7,10,15-17,20-21,26-27,36-39,41-46H2,1-5H3,(H12-,79,80,81,82,83,84,85,86,87,88,92,93,95,96,97,98,99,100,101,103)/p+1. The van der Waals surface area contributed by atoms with Gasteiger partial charge in [-0.1, -0.05) is 123 Å². The zero-order valence-corrected chi connectivity index (χ0v) is 61.1. The molecule has 4 aliphatic heterocycles. The van der Waals surface area contributed by atoms with Crippen LogP contribution in [0, 0.1) is 0 Å². The van der Waals surface area contributed by atoms with Gasteiger partial charge in [-0.3, -0.25) is 57.8 Å². The van der Waals surface area contributed by atoms with Crippen LogP contribution in [-0.2, 0) is 65.2 Å². The first-order valence-electron chi connectivity index (χ1n) is 35.5. The first-order valence-corrected chi connectivity index (χ1v) is 37.2. The first-order chi connectivity index (χ1) is 49.8. The van der Waals surface area contributed by atoms with Crippen molar-refractivity contribution < 1.29 is 57.6 Å². The van der Waals surface area contributed by atoms with E-state index in [0.29, 0.717) is 12.0 Å². The lowest BCUT2D eigenvalue weighted by Gasteiger charge is -2.27. The number of imide groups is 1. The molecule has 26 heteroatoms. The van der Waals surface area contributed by atoms with E-state index in [4.69, 9.17) is 11.5 Å². The number of likely N-dealkylation sites (tertiary alicyclic amines) is 1. The number of unbranched alkanes of at least 4 members (excludes halogenated alkanes) is 2. The molecular weight excluding hydrogens is 1360 g/mol. The second-order valence-corrected chi connectivity index (χ2v) is 29.6. The normalized spacial score (nSPS) is 22.5. The van der Waals surface area contributed by atoms with E-state index < -0.39 is 102 Å². The minimum Gasteiger partial charge on any atom is -0.481 e. The maximum atomic E-state index is 14.4. The van der Waals surface area contributed by atoms with Gasteiger partial charge in [-0.15, -0.1) is 11.8 Å². The van der Waals surface area contributed by atoms with Gasteiger partial charge in [0.25, 0.3) is 0 Å². The Labute approximate surface area is 615 Å². The smallest absolute Gasteiger partial charge is 0.305 e. The van der Waals surface area contributed by atoms with Crippen LogP contribution < -0.4 is 53.6 Å². The number of carbonyl (C=O) groups is 10. The number of hydrogen-bond acceptors (Lipinski definition) is 14. The predicted octanol–water partition coefficient (Wildman–Crippen LogP) is 6.07. The minimum absolute atomic E-state index is 0.00954. The van der Waals surface area contributed by atoms with Crippen LogP contribution in [0.25, 0.3) is 21.5 Å². The molecule has 104 heavy (non-hydrogen) atoms. The molecule has 5 aliphatic rings. The van der Waals surface area contributed by atoms with Crippen LogP contribution in [0.3, 0.4) is 0 Å². The second kappa shape index (κ2) is 34.5. The summed E-state index contributed by atoms with van der Waals surface area (Å²) < 4.78 is 2.34. The average molecular weight is 1450 g/mol. The number of carboxylic acids is 1. The largest absolute Gasteiger partial charge is 0.481 e. The molecule has 9 amide bonds. The topological polar surface area (TPSA) is 349 Å². The van der Waals surface area contributed by atoms with Gasteiger partial charge in [-0.05, 0) is 121 Å². The summed E-state index contributed by atoms with van der Waals surface area (Å²) in [5, 5.41) is 31.4. The van der Waals surface area contributed by atoms with E-state index in [1.807, 2.05) is 0 Å². The number of nitrogens with one attached hydrogen (secondary N) is 7. The van der Waals surface area contributed by atoms with Crippen molar-refractivity contribution in [2.75, 3.05) is 56.2 Å². The van der Waals surface area contributed by atoms with Crippen molar-refractivity contribution in [2.24, 2.45) is 16.5 Å². The number of anilines is 1. The van der Waals surface area contributed by atoms with Gasteiger partial charge < -0.3 is 58.7 Å². The Kier molecular flexibility index (Phi) is 25.4. The number of rotatable bonds is 24. The van der Waals surface area contributed by atoms with Gasteiger partial charge >= 0.3 is 5.97 Å². The van der Waals surface area contributed by atoms with E-state index in [2.05, 4.69) is 202 Å². The Hall–Kier alpha value is -10.1. The van der Waals surface area contributed by atoms with Gasteiger partial charge in [-0.25, -0.2) is 0 Å². The number of thiol groups is 1. The highest BCUT2D eigenvalue weighted by molar-refractivity contribution is 8.00. The summed E-state index contributed by atoms with van der Waals surface area (Å²) in [5.74, 6) is -9.38. The van der Waals surface area contributed by atoms with Gasteiger partial charge in [0, 0.05) is 91.5 Å². The van der Waals surface area contributed by atoms with Gasteiger partial charge in [-0.2, -0.15) is 17.2 Å². The summed E-state index contributed by atoms with van der Waals surface area (Å²) in [7, 11) is 2.17.